The normalized spacial score (nSPS) is 17.3. The molecule has 0 bridgehead atoms. The third kappa shape index (κ3) is 16.2. The molecule has 4 heterocycles. The number of methoxy groups -OCH3 is 1. The molecule has 1 saturated heterocycles. The average Bonchev–Trinajstić information content (AvgIpc) is 3.81. The molecule has 0 radical (unpaired) electrons. The van der Waals surface area contributed by atoms with Gasteiger partial charge in [0, 0.05) is 85.5 Å². The molecule has 7 rings (SSSR count). The summed E-state index contributed by atoms with van der Waals surface area (Å²) in [6.07, 6.45) is 20.1. The standard InChI is InChI=1S/C59H71N3O13S.Na/c1-43-42-58(2,3)61(28-29-70-32-33-72-36-37-73-35-34-71-31-30-69-6)51-41-53-48(40-47(43)51)45(38-52(74-53)44-18-13-10-14-19-44)20-12-8-7-9-15-21-54-59(4,5)49-39-46(76(66,67)68)23-24-50(49)60(54)27-17-11-16-22-57(65)75-62-55(63)25-26-56(62)64;/h7-10,12-15,18-21,23-24,38-42H,11,16-17,22,25-37H2,1-6H3;/q;+1. The number of unbranched alkanes of at least 4 members (excludes halogenated alkanes) is 2. The van der Waals surface area contributed by atoms with Crippen LogP contribution in [0.15, 0.2) is 120 Å². The third-order valence-corrected chi connectivity index (χ3v) is 14.4. The van der Waals surface area contributed by atoms with Crippen molar-refractivity contribution in [2.45, 2.75) is 89.0 Å². The van der Waals surface area contributed by atoms with Gasteiger partial charge in [-0.1, -0.05) is 72.9 Å². The van der Waals surface area contributed by atoms with Crippen LogP contribution in [-0.4, -0.2) is 131 Å². The molecule has 4 aliphatic rings. The number of carbonyl (C=O) groups excluding carboxylic acids is 3. The zero-order valence-corrected chi connectivity index (χ0v) is 48.4. The minimum absolute atomic E-state index is 0. The van der Waals surface area contributed by atoms with Crippen molar-refractivity contribution in [2.75, 3.05) is 84.6 Å². The van der Waals surface area contributed by atoms with Crippen molar-refractivity contribution in [3.8, 4) is 5.75 Å². The molecule has 1 fully saturated rings. The summed E-state index contributed by atoms with van der Waals surface area (Å²) in [5.41, 5.74) is 7.75. The van der Waals surface area contributed by atoms with Gasteiger partial charge in [0.1, 0.15) is 28.2 Å². The van der Waals surface area contributed by atoms with Gasteiger partial charge < -0.3 is 42.7 Å². The van der Waals surface area contributed by atoms with E-state index < -0.39 is 33.3 Å². The van der Waals surface area contributed by atoms with Crippen LogP contribution in [0.2, 0.25) is 0 Å². The van der Waals surface area contributed by atoms with Crippen LogP contribution in [0.3, 0.4) is 0 Å². The predicted molar refractivity (Wildman–Crippen MR) is 290 cm³/mol. The number of hydrogen-bond acceptors (Lipinski definition) is 14. The van der Waals surface area contributed by atoms with Gasteiger partial charge in [-0.2, -0.15) is 4.58 Å². The minimum atomic E-state index is -4.69. The fourth-order valence-electron chi connectivity index (χ4n) is 9.70. The first-order valence-electron chi connectivity index (χ1n) is 25.9. The van der Waals surface area contributed by atoms with E-state index in [1.165, 1.54) is 17.7 Å². The van der Waals surface area contributed by atoms with Crippen molar-refractivity contribution >= 4 is 61.9 Å². The van der Waals surface area contributed by atoms with Crippen molar-refractivity contribution in [2.24, 2.45) is 0 Å². The summed E-state index contributed by atoms with van der Waals surface area (Å²) in [6.45, 7) is 16.3. The molecule has 0 aromatic heterocycles. The number of fused-ring (bicyclic) bond motifs is 3. The van der Waals surface area contributed by atoms with E-state index in [0.717, 1.165) is 50.9 Å². The van der Waals surface area contributed by atoms with Gasteiger partial charge in [0.2, 0.25) is 5.69 Å². The molecule has 0 N–H and O–H groups in total. The summed E-state index contributed by atoms with van der Waals surface area (Å²) >= 11 is 0. The number of carbonyl (C=O) groups is 3. The van der Waals surface area contributed by atoms with E-state index in [-0.39, 0.29) is 59.3 Å². The number of benzene rings is 3. The van der Waals surface area contributed by atoms with Crippen LogP contribution in [0.4, 0.5) is 11.4 Å². The maximum absolute atomic E-state index is 12.4. The predicted octanol–water partition coefficient (Wildman–Crippen LogP) is 6.04. The van der Waals surface area contributed by atoms with Crippen LogP contribution in [0.25, 0.3) is 16.9 Å². The average molecular weight is 1090 g/mol. The van der Waals surface area contributed by atoms with Gasteiger partial charge in [-0.3, -0.25) is 9.59 Å². The molecule has 2 amide bonds. The van der Waals surface area contributed by atoms with E-state index in [2.05, 4.69) is 60.6 Å². The largest absolute Gasteiger partial charge is 1.00 e. The number of amides is 2. The van der Waals surface area contributed by atoms with Crippen molar-refractivity contribution in [3.63, 3.8) is 0 Å². The summed E-state index contributed by atoms with van der Waals surface area (Å²) in [5.74, 6) is -0.192. The Morgan fingerprint density at radius 3 is 2.08 bits per heavy atom. The van der Waals surface area contributed by atoms with Gasteiger partial charge in [0.25, 0.3) is 11.8 Å². The summed E-state index contributed by atoms with van der Waals surface area (Å²) in [7, 11) is -3.05. The van der Waals surface area contributed by atoms with E-state index in [9.17, 15) is 27.4 Å². The molecule has 0 aliphatic carbocycles. The molecule has 0 saturated carbocycles. The van der Waals surface area contributed by atoms with Crippen LogP contribution in [-0.2, 0) is 58.4 Å². The van der Waals surface area contributed by atoms with E-state index in [1.807, 2.05) is 80.6 Å². The van der Waals surface area contributed by atoms with E-state index in [0.29, 0.717) is 102 Å². The monoisotopic (exact) mass is 1080 g/mol. The molecular weight excluding hydrogens is 1010 g/mol. The number of nitrogens with zero attached hydrogens (tertiary/aromatic N) is 3. The van der Waals surface area contributed by atoms with Crippen LogP contribution in [0.5, 0.6) is 5.75 Å². The minimum Gasteiger partial charge on any atom is -0.744 e. The Labute approximate surface area is 475 Å². The summed E-state index contributed by atoms with van der Waals surface area (Å²) < 4.78 is 72.8. The summed E-state index contributed by atoms with van der Waals surface area (Å²) in [5, 5.41) is 0.558. The number of hydrogen-bond donors (Lipinski definition) is 0. The Morgan fingerprint density at radius 1 is 0.779 bits per heavy atom. The number of hydroxylamine groups is 2. The second kappa shape index (κ2) is 28.5. The molecule has 406 valence electrons. The molecule has 0 unspecified atom stereocenters. The van der Waals surface area contributed by atoms with Crippen molar-refractivity contribution in [1.29, 1.82) is 0 Å². The molecule has 16 nitrogen and oxygen atoms in total. The fourth-order valence-corrected chi connectivity index (χ4v) is 10.2. The van der Waals surface area contributed by atoms with Crippen LogP contribution in [0, 0.1) is 0 Å². The van der Waals surface area contributed by atoms with Crippen LogP contribution < -0.4 is 39.2 Å². The topological polar surface area (TPSA) is 183 Å². The smallest absolute Gasteiger partial charge is 0.744 e. The summed E-state index contributed by atoms with van der Waals surface area (Å²) in [6, 6.07) is 18.9. The van der Waals surface area contributed by atoms with Gasteiger partial charge in [-0.05, 0) is 82.9 Å². The van der Waals surface area contributed by atoms with Crippen molar-refractivity contribution in [3.05, 3.63) is 138 Å². The van der Waals surface area contributed by atoms with E-state index >= 15 is 0 Å². The second-order valence-corrected chi connectivity index (χ2v) is 21.2. The van der Waals surface area contributed by atoms with Crippen LogP contribution in [0.1, 0.15) is 95.4 Å². The second-order valence-electron chi connectivity index (χ2n) is 19.8. The van der Waals surface area contributed by atoms with Gasteiger partial charge >= 0.3 is 35.5 Å². The third-order valence-electron chi connectivity index (χ3n) is 13.5. The van der Waals surface area contributed by atoms with E-state index in [4.69, 9.17) is 33.3 Å². The first kappa shape index (κ1) is 60.9. The van der Waals surface area contributed by atoms with E-state index in [1.54, 1.807) is 13.2 Å². The Morgan fingerprint density at radius 2 is 1.42 bits per heavy atom. The molecule has 3 aromatic rings. The molecule has 77 heavy (non-hydrogen) atoms. The first-order valence-corrected chi connectivity index (χ1v) is 27.3. The Kier molecular flexibility index (Phi) is 22.6. The van der Waals surface area contributed by atoms with Crippen LogP contribution >= 0.6 is 0 Å². The van der Waals surface area contributed by atoms with Crippen molar-refractivity contribution < 1.29 is 94.7 Å². The molecule has 0 atom stereocenters. The molecule has 4 aliphatic heterocycles. The molecular formula is C59H71N3NaO13S+. The molecule has 3 aromatic carbocycles. The Hall–Kier alpha value is -5.31. The SMILES string of the molecule is COCCOCCOCCOCCOCCN1c2cc3c(cc2C(C)=CC1(C)C)C(=CC=CC=CC=CC1=[N+](CCCCCC(=O)ON2C(=O)CCC2=O)c2ccc(S(=O)(=O)[O-])cc2C1(C)C)C=C(c1ccccc1)O3.[Na+]. The number of imide groups is 1. The number of ether oxygens (including phenoxy) is 6. The van der Waals surface area contributed by atoms with Gasteiger partial charge in [0.15, 0.2) is 5.71 Å². The zero-order valence-electron chi connectivity index (χ0n) is 45.5. The Balaban J connectivity index is 0.00000961. The zero-order chi connectivity index (χ0) is 54.3. The maximum Gasteiger partial charge on any atom is 1.00 e. The summed E-state index contributed by atoms with van der Waals surface area (Å²) in [4.78, 5) is 43.2. The van der Waals surface area contributed by atoms with Crippen molar-refractivity contribution in [1.82, 2.24) is 5.06 Å². The number of rotatable bonds is 28. The molecule has 18 heteroatoms. The maximum atomic E-state index is 12.4. The Bertz CT molecular complexity index is 2910. The number of allylic oxidation sites excluding steroid dienone is 10. The first-order chi connectivity index (χ1) is 36.5. The van der Waals surface area contributed by atoms with Gasteiger partial charge in [-0.25, -0.2) is 13.2 Å². The number of anilines is 1. The quantitative estimate of drug-likeness (QED) is 0.0205. The van der Waals surface area contributed by atoms with Gasteiger partial charge in [0.05, 0.1) is 75.3 Å². The fraction of sp³-hybridized carbons (Fsp3) is 0.424. The van der Waals surface area contributed by atoms with Gasteiger partial charge in [-0.15, -0.1) is 5.06 Å². The molecule has 0 spiro atoms.